The molecule has 0 aliphatic carbocycles. The highest BCUT2D eigenvalue weighted by molar-refractivity contribution is 5.99. The molecule has 3 nitrogen and oxygen atoms in total. The van der Waals surface area contributed by atoms with E-state index in [1.807, 2.05) is 36.4 Å². The summed E-state index contributed by atoms with van der Waals surface area (Å²) in [5, 5.41) is 5.24. The number of nitrogens with one attached hydrogen (secondary N) is 1. The Morgan fingerprint density at radius 1 is 1.26 bits per heavy atom. The van der Waals surface area contributed by atoms with Crippen molar-refractivity contribution in [2.24, 2.45) is 5.92 Å². The molecule has 0 saturated carbocycles. The van der Waals surface area contributed by atoms with Gasteiger partial charge in [-0.3, -0.25) is 4.79 Å². The zero-order valence-corrected chi connectivity index (χ0v) is 13.1. The number of benzene rings is 2. The summed E-state index contributed by atoms with van der Waals surface area (Å²) in [5.74, 6) is 3.47. The molecule has 0 spiro atoms. The number of fused-ring (bicyclic) bond motifs is 3. The molecule has 0 aromatic heterocycles. The first-order valence-electron chi connectivity index (χ1n) is 8.25. The quantitative estimate of drug-likeness (QED) is 0.865. The normalized spacial score (nSPS) is 26.0. The van der Waals surface area contributed by atoms with Crippen molar-refractivity contribution in [1.29, 1.82) is 0 Å². The molecule has 2 bridgehead atoms. The van der Waals surface area contributed by atoms with Crippen molar-refractivity contribution in [2.75, 3.05) is 19.6 Å². The predicted octanol–water partition coefficient (Wildman–Crippen LogP) is 2.65. The van der Waals surface area contributed by atoms with Crippen molar-refractivity contribution >= 4 is 16.7 Å². The van der Waals surface area contributed by atoms with Crippen LogP contribution in [0.5, 0.6) is 0 Å². The second-order valence-corrected chi connectivity index (χ2v) is 6.71. The van der Waals surface area contributed by atoms with E-state index in [0.717, 1.165) is 35.2 Å². The summed E-state index contributed by atoms with van der Waals surface area (Å²) in [6.45, 7) is 3.37. The van der Waals surface area contributed by atoms with Crippen LogP contribution in [0.3, 0.4) is 0 Å². The monoisotopic (exact) mass is 304 g/mol. The molecule has 2 heterocycles. The van der Waals surface area contributed by atoms with Crippen LogP contribution in [0.2, 0.25) is 0 Å². The molecular formula is C20H20N2O. The first-order chi connectivity index (χ1) is 11.2. The van der Waals surface area contributed by atoms with Crippen LogP contribution in [0.25, 0.3) is 10.8 Å². The maximum Gasteiger partial charge on any atom is 0.251 e. The largest absolute Gasteiger partial charge is 0.348 e. The molecule has 2 aromatic rings. The van der Waals surface area contributed by atoms with E-state index >= 15 is 0 Å². The maximum atomic E-state index is 12.6. The van der Waals surface area contributed by atoms with Gasteiger partial charge < -0.3 is 10.2 Å². The molecule has 1 N–H and O–H groups in total. The molecule has 2 saturated heterocycles. The average molecular weight is 304 g/mol. The third-order valence-corrected chi connectivity index (χ3v) is 5.10. The number of nitrogens with zero attached hydrogens (tertiary/aromatic N) is 1. The smallest absolute Gasteiger partial charge is 0.251 e. The van der Waals surface area contributed by atoms with Crippen LogP contribution in [0.15, 0.2) is 36.4 Å². The van der Waals surface area contributed by atoms with Crippen LogP contribution >= 0.6 is 0 Å². The molecule has 2 fully saturated rings. The molecule has 23 heavy (non-hydrogen) atoms. The van der Waals surface area contributed by atoms with Gasteiger partial charge in [0.15, 0.2) is 0 Å². The van der Waals surface area contributed by atoms with Crippen molar-refractivity contribution in [3.05, 3.63) is 47.5 Å². The summed E-state index contributed by atoms with van der Waals surface area (Å²) in [7, 11) is 0. The zero-order chi connectivity index (χ0) is 15.8. The first kappa shape index (κ1) is 14.3. The lowest BCUT2D eigenvalue weighted by Gasteiger charge is -2.30. The van der Waals surface area contributed by atoms with Crippen LogP contribution in [-0.4, -0.2) is 36.5 Å². The minimum absolute atomic E-state index is 0.0190. The summed E-state index contributed by atoms with van der Waals surface area (Å²) >= 11 is 0. The Labute approximate surface area is 136 Å². The molecule has 2 aliphatic heterocycles. The van der Waals surface area contributed by atoms with Gasteiger partial charge in [-0.1, -0.05) is 24.1 Å². The Kier molecular flexibility index (Phi) is 3.55. The highest BCUT2D eigenvalue weighted by atomic mass is 16.1. The van der Waals surface area contributed by atoms with Crippen LogP contribution in [0, 0.1) is 18.3 Å². The van der Waals surface area contributed by atoms with E-state index in [-0.39, 0.29) is 11.9 Å². The van der Waals surface area contributed by atoms with Gasteiger partial charge in [0.2, 0.25) is 0 Å². The second-order valence-electron chi connectivity index (χ2n) is 6.71. The van der Waals surface area contributed by atoms with E-state index in [1.54, 1.807) is 0 Å². The fourth-order valence-electron chi connectivity index (χ4n) is 3.98. The molecule has 3 atom stereocenters. The Balaban J connectivity index is 1.54. The standard InChI is InChI=1S/C20H20N2O/c1-2-15-4-3-5-16-11-17(6-7-19(15)16)20(23)21-18-10-14-8-9-22(12-14)13-18/h1,3-7,11,14,18H,8-10,12-13H2,(H,21,23)/t14-,18+/m0/s1. The van der Waals surface area contributed by atoms with Gasteiger partial charge in [-0.2, -0.15) is 0 Å². The number of amides is 1. The maximum absolute atomic E-state index is 12.6. The fourth-order valence-corrected chi connectivity index (χ4v) is 3.98. The van der Waals surface area contributed by atoms with Gasteiger partial charge in [0.25, 0.3) is 5.91 Å². The highest BCUT2D eigenvalue weighted by Crippen LogP contribution is 2.27. The van der Waals surface area contributed by atoms with Gasteiger partial charge in [0.1, 0.15) is 0 Å². The lowest BCUT2D eigenvalue weighted by Crippen LogP contribution is -2.47. The van der Waals surface area contributed by atoms with Gasteiger partial charge in [0.05, 0.1) is 0 Å². The molecule has 4 rings (SSSR count). The summed E-state index contributed by atoms with van der Waals surface area (Å²) < 4.78 is 0. The Morgan fingerprint density at radius 2 is 2.17 bits per heavy atom. The summed E-state index contributed by atoms with van der Waals surface area (Å²) in [6.07, 6.45) is 7.92. The van der Waals surface area contributed by atoms with Crippen molar-refractivity contribution in [1.82, 2.24) is 10.2 Å². The zero-order valence-electron chi connectivity index (χ0n) is 13.1. The molecule has 0 radical (unpaired) electrons. The van der Waals surface area contributed by atoms with Gasteiger partial charge in [0, 0.05) is 30.3 Å². The van der Waals surface area contributed by atoms with Crippen LogP contribution in [0.4, 0.5) is 0 Å². The third-order valence-electron chi connectivity index (χ3n) is 5.10. The highest BCUT2D eigenvalue weighted by Gasteiger charge is 2.32. The number of hydrogen-bond donors (Lipinski definition) is 1. The van der Waals surface area contributed by atoms with Crippen LogP contribution in [-0.2, 0) is 0 Å². The van der Waals surface area contributed by atoms with Gasteiger partial charge in [-0.25, -0.2) is 0 Å². The number of carbonyl (C=O) groups excluding carboxylic acids is 1. The molecule has 2 aromatic carbocycles. The lowest BCUT2D eigenvalue weighted by molar-refractivity contribution is 0.0909. The topological polar surface area (TPSA) is 32.3 Å². The van der Waals surface area contributed by atoms with Gasteiger partial charge in [-0.15, -0.1) is 6.42 Å². The van der Waals surface area contributed by atoms with Crippen molar-refractivity contribution in [3.8, 4) is 12.3 Å². The molecule has 1 unspecified atom stereocenters. The summed E-state index contributed by atoms with van der Waals surface area (Å²) in [6, 6.07) is 11.9. The van der Waals surface area contributed by atoms with E-state index in [2.05, 4.69) is 16.1 Å². The molecule has 2 aliphatic rings. The number of carbonyl (C=O) groups is 1. The Hall–Kier alpha value is -2.31. The predicted molar refractivity (Wildman–Crippen MR) is 92.3 cm³/mol. The number of hydrogen-bond acceptors (Lipinski definition) is 2. The Bertz CT molecular complexity index is 793. The van der Waals surface area contributed by atoms with E-state index < -0.39 is 0 Å². The second kappa shape index (κ2) is 5.72. The number of piperidine rings is 1. The van der Waals surface area contributed by atoms with E-state index in [9.17, 15) is 4.79 Å². The molecule has 1 amide bonds. The fraction of sp³-hybridized carbons (Fsp3) is 0.350. The minimum Gasteiger partial charge on any atom is -0.348 e. The summed E-state index contributed by atoms with van der Waals surface area (Å²) in [4.78, 5) is 15.0. The van der Waals surface area contributed by atoms with E-state index in [4.69, 9.17) is 6.42 Å². The van der Waals surface area contributed by atoms with Gasteiger partial charge >= 0.3 is 0 Å². The van der Waals surface area contributed by atoms with Gasteiger partial charge in [-0.05, 0) is 54.3 Å². The summed E-state index contributed by atoms with van der Waals surface area (Å²) in [5.41, 5.74) is 1.57. The van der Waals surface area contributed by atoms with Crippen molar-refractivity contribution in [3.63, 3.8) is 0 Å². The van der Waals surface area contributed by atoms with E-state index in [0.29, 0.717) is 5.56 Å². The first-order valence-corrected chi connectivity index (χ1v) is 8.25. The van der Waals surface area contributed by atoms with Crippen molar-refractivity contribution in [2.45, 2.75) is 18.9 Å². The molecule has 3 heteroatoms. The lowest BCUT2D eigenvalue weighted by atomic mass is 9.96. The van der Waals surface area contributed by atoms with Crippen LogP contribution < -0.4 is 5.32 Å². The number of terminal acetylenes is 1. The SMILES string of the molecule is C#Cc1cccc2cc(C(=O)N[C@@H]3C[C@@H]4CCN(C4)C3)ccc12. The molecule has 116 valence electrons. The average Bonchev–Trinajstić information content (AvgIpc) is 2.92. The molecular weight excluding hydrogens is 284 g/mol. The van der Waals surface area contributed by atoms with Crippen LogP contribution in [0.1, 0.15) is 28.8 Å². The minimum atomic E-state index is 0.0190. The Morgan fingerprint density at radius 3 is 3.00 bits per heavy atom. The third kappa shape index (κ3) is 2.71. The van der Waals surface area contributed by atoms with Crippen molar-refractivity contribution < 1.29 is 4.79 Å². The number of rotatable bonds is 2. The van der Waals surface area contributed by atoms with E-state index in [1.165, 1.54) is 19.5 Å².